The number of aromatic nitrogens is 1. The van der Waals surface area contributed by atoms with E-state index in [0.29, 0.717) is 43.4 Å². The molecule has 3 aromatic rings. The lowest BCUT2D eigenvalue weighted by molar-refractivity contribution is -0.131. The Hall–Kier alpha value is -2.36. The summed E-state index contributed by atoms with van der Waals surface area (Å²) >= 11 is 7.85. The Balaban J connectivity index is 1.28. The second-order valence-electron chi connectivity index (χ2n) is 7.97. The van der Waals surface area contributed by atoms with Crippen molar-refractivity contribution in [3.05, 3.63) is 53.1 Å². The molecule has 0 bridgehead atoms. The standard InChI is InChI=1S/C23H26ClN3O4S2/c1-31-19-10-9-18(24)22-21(19)25-23(32-22)27-13-11-26(12-14-27)20(28)8-5-15-33(29,30)16-17-6-3-2-4-7-17/h2-4,6-7,9-10H,5,8,11-16H2,1H3. The van der Waals surface area contributed by atoms with Gasteiger partial charge in [0.15, 0.2) is 15.0 Å². The molecule has 0 saturated carbocycles. The van der Waals surface area contributed by atoms with Gasteiger partial charge in [-0.3, -0.25) is 4.79 Å². The zero-order valence-electron chi connectivity index (χ0n) is 18.4. The van der Waals surface area contributed by atoms with E-state index in [2.05, 4.69) is 4.90 Å². The van der Waals surface area contributed by atoms with Crippen molar-refractivity contribution in [1.82, 2.24) is 9.88 Å². The Morgan fingerprint density at radius 1 is 1.12 bits per heavy atom. The number of anilines is 1. The second-order valence-corrected chi connectivity index (χ2v) is 11.5. The molecular formula is C23H26ClN3O4S2. The first-order valence-electron chi connectivity index (χ1n) is 10.8. The Kier molecular flexibility index (Phi) is 7.41. The topological polar surface area (TPSA) is 79.8 Å². The van der Waals surface area contributed by atoms with E-state index in [0.717, 1.165) is 20.9 Å². The smallest absolute Gasteiger partial charge is 0.222 e. The van der Waals surface area contributed by atoms with Gasteiger partial charge in [-0.25, -0.2) is 13.4 Å². The van der Waals surface area contributed by atoms with Crippen molar-refractivity contribution in [3.8, 4) is 5.75 Å². The number of nitrogens with zero attached hydrogens (tertiary/aromatic N) is 3. The van der Waals surface area contributed by atoms with Crippen LogP contribution in [0.2, 0.25) is 5.02 Å². The van der Waals surface area contributed by atoms with Gasteiger partial charge >= 0.3 is 0 Å². The van der Waals surface area contributed by atoms with Crippen molar-refractivity contribution in [2.24, 2.45) is 0 Å². The fourth-order valence-corrected chi connectivity index (χ4v) is 6.63. The maximum atomic E-state index is 12.6. The van der Waals surface area contributed by atoms with Gasteiger partial charge in [0.1, 0.15) is 11.3 Å². The molecule has 1 aliphatic heterocycles. The molecule has 0 atom stereocenters. The molecule has 1 fully saturated rings. The fraction of sp³-hybridized carbons (Fsp3) is 0.391. The first-order valence-corrected chi connectivity index (χ1v) is 13.8. The summed E-state index contributed by atoms with van der Waals surface area (Å²) in [6, 6.07) is 12.7. The molecule has 7 nitrogen and oxygen atoms in total. The number of halogens is 1. The Bertz CT molecular complexity index is 1220. The Morgan fingerprint density at radius 3 is 2.55 bits per heavy atom. The van der Waals surface area contributed by atoms with E-state index in [4.69, 9.17) is 21.3 Å². The maximum absolute atomic E-state index is 12.6. The van der Waals surface area contributed by atoms with Crippen LogP contribution >= 0.6 is 22.9 Å². The number of benzene rings is 2. The quantitative estimate of drug-likeness (QED) is 0.458. The van der Waals surface area contributed by atoms with Gasteiger partial charge < -0.3 is 14.5 Å². The van der Waals surface area contributed by atoms with Crippen LogP contribution in [0.4, 0.5) is 5.13 Å². The monoisotopic (exact) mass is 507 g/mol. The van der Waals surface area contributed by atoms with Gasteiger partial charge in [0.25, 0.3) is 0 Å². The fourth-order valence-electron chi connectivity index (χ4n) is 3.89. The Labute approximate surface area is 202 Å². The molecule has 10 heteroatoms. The number of carbonyl (C=O) groups excluding carboxylic acids is 1. The van der Waals surface area contributed by atoms with Gasteiger partial charge in [-0.05, 0) is 24.1 Å². The number of hydrogen-bond donors (Lipinski definition) is 0. The van der Waals surface area contributed by atoms with Gasteiger partial charge in [-0.2, -0.15) is 0 Å². The van der Waals surface area contributed by atoms with Crippen LogP contribution in [0.1, 0.15) is 18.4 Å². The van der Waals surface area contributed by atoms with Crippen molar-refractivity contribution < 1.29 is 17.9 Å². The van der Waals surface area contributed by atoms with E-state index in [-0.39, 0.29) is 23.8 Å². The zero-order valence-corrected chi connectivity index (χ0v) is 20.8. The molecule has 1 saturated heterocycles. The molecule has 4 rings (SSSR count). The molecule has 2 aromatic carbocycles. The third-order valence-corrected chi connectivity index (χ3v) is 8.91. The number of hydrogen-bond acceptors (Lipinski definition) is 7. The predicted octanol–water partition coefficient (Wildman–Crippen LogP) is 4.00. The van der Waals surface area contributed by atoms with Crippen molar-refractivity contribution in [1.29, 1.82) is 0 Å². The summed E-state index contributed by atoms with van der Waals surface area (Å²) in [5, 5.41) is 1.50. The number of amides is 1. The third-order valence-electron chi connectivity index (χ3n) is 5.65. The number of carbonyl (C=O) groups is 1. The number of methoxy groups -OCH3 is 1. The second kappa shape index (κ2) is 10.3. The SMILES string of the molecule is COc1ccc(Cl)c2sc(N3CCN(C(=O)CCCS(=O)(=O)Cc4ccccc4)CC3)nc12. The lowest BCUT2D eigenvalue weighted by atomic mass is 10.2. The first kappa shape index (κ1) is 23.8. The van der Waals surface area contributed by atoms with Crippen LogP contribution in [-0.4, -0.2) is 63.3 Å². The van der Waals surface area contributed by atoms with Crippen LogP contribution in [0.25, 0.3) is 10.2 Å². The number of fused-ring (bicyclic) bond motifs is 1. The average Bonchev–Trinajstić information content (AvgIpc) is 3.26. The summed E-state index contributed by atoms with van der Waals surface area (Å²) in [5.41, 5.74) is 1.52. The molecule has 0 unspecified atom stereocenters. The van der Waals surface area contributed by atoms with Crippen LogP contribution in [0.3, 0.4) is 0 Å². The number of ether oxygens (including phenoxy) is 1. The van der Waals surface area contributed by atoms with Crippen LogP contribution in [0.15, 0.2) is 42.5 Å². The summed E-state index contributed by atoms with van der Waals surface area (Å²) < 4.78 is 31.0. The van der Waals surface area contributed by atoms with Gasteiger partial charge in [0.2, 0.25) is 5.91 Å². The van der Waals surface area contributed by atoms with E-state index >= 15 is 0 Å². The average molecular weight is 508 g/mol. The highest BCUT2D eigenvalue weighted by Crippen LogP contribution is 2.38. The summed E-state index contributed by atoms with van der Waals surface area (Å²) in [4.78, 5) is 21.3. The highest BCUT2D eigenvalue weighted by Gasteiger charge is 2.24. The number of thiazole rings is 1. The van der Waals surface area contributed by atoms with Crippen LogP contribution in [-0.2, 0) is 20.4 Å². The molecule has 33 heavy (non-hydrogen) atoms. The summed E-state index contributed by atoms with van der Waals surface area (Å²) in [6.45, 7) is 2.49. The van der Waals surface area contributed by atoms with Crippen LogP contribution in [0.5, 0.6) is 5.75 Å². The minimum Gasteiger partial charge on any atom is -0.494 e. The van der Waals surface area contributed by atoms with E-state index in [1.807, 2.05) is 24.3 Å². The summed E-state index contributed by atoms with van der Waals surface area (Å²) in [6.07, 6.45) is 0.576. The highest BCUT2D eigenvalue weighted by molar-refractivity contribution is 7.90. The van der Waals surface area contributed by atoms with Gasteiger partial charge in [0, 0.05) is 32.6 Å². The molecule has 0 spiro atoms. The zero-order chi connectivity index (χ0) is 23.4. The maximum Gasteiger partial charge on any atom is 0.222 e. The summed E-state index contributed by atoms with van der Waals surface area (Å²) in [7, 11) is -1.62. The van der Waals surface area contributed by atoms with E-state index in [9.17, 15) is 13.2 Å². The number of sulfone groups is 1. The number of piperazine rings is 1. The molecule has 0 N–H and O–H groups in total. The van der Waals surface area contributed by atoms with Gasteiger partial charge in [0.05, 0.1) is 28.3 Å². The molecule has 0 aliphatic carbocycles. The highest BCUT2D eigenvalue weighted by atomic mass is 35.5. The molecule has 176 valence electrons. The van der Waals surface area contributed by atoms with E-state index in [1.54, 1.807) is 30.2 Å². The largest absolute Gasteiger partial charge is 0.494 e. The molecule has 0 radical (unpaired) electrons. The van der Waals surface area contributed by atoms with Gasteiger partial charge in [-0.1, -0.05) is 53.3 Å². The van der Waals surface area contributed by atoms with Crippen LogP contribution in [0, 0.1) is 0 Å². The van der Waals surface area contributed by atoms with E-state index in [1.165, 1.54) is 11.3 Å². The normalized spacial score (nSPS) is 14.6. The third kappa shape index (κ3) is 5.77. The number of rotatable bonds is 8. The van der Waals surface area contributed by atoms with Crippen molar-refractivity contribution in [3.63, 3.8) is 0 Å². The minimum atomic E-state index is -3.23. The minimum absolute atomic E-state index is 0.00132. The van der Waals surface area contributed by atoms with Gasteiger partial charge in [-0.15, -0.1) is 0 Å². The van der Waals surface area contributed by atoms with Crippen molar-refractivity contribution in [2.75, 3.05) is 43.9 Å². The molecular weight excluding hydrogens is 482 g/mol. The molecule has 2 heterocycles. The Morgan fingerprint density at radius 2 is 1.85 bits per heavy atom. The molecule has 1 aliphatic rings. The lowest BCUT2D eigenvalue weighted by Gasteiger charge is -2.34. The lowest BCUT2D eigenvalue weighted by Crippen LogP contribution is -2.48. The van der Waals surface area contributed by atoms with Crippen LogP contribution < -0.4 is 9.64 Å². The van der Waals surface area contributed by atoms with Crippen molar-refractivity contribution in [2.45, 2.75) is 18.6 Å². The van der Waals surface area contributed by atoms with Crippen molar-refractivity contribution >= 4 is 54.0 Å². The summed E-state index contributed by atoms with van der Waals surface area (Å²) in [5.74, 6) is 0.714. The first-order chi connectivity index (χ1) is 15.9. The molecule has 1 aromatic heterocycles. The molecule has 1 amide bonds. The van der Waals surface area contributed by atoms with E-state index < -0.39 is 9.84 Å². The predicted molar refractivity (Wildman–Crippen MR) is 133 cm³/mol.